The van der Waals surface area contributed by atoms with Crippen molar-refractivity contribution in [2.24, 2.45) is 0 Å². The number of hydrogen-bond donors (Lipinski definition) is 2. The van der Waals surface area contributed by atoms with Crippen molar-refractivity contribution in [2.75, 3.05) is 12.0 Å². The number of amides is 1. The Hall–Kier alpha value is -1.56. The van der Waals surface area contributed by atoms with Crippen molar-refractivity contribution < 1.29 is 14.7 Å². The first-order valence-electron chi connectivity index (χ1n) is 5.49. The molecule has 0 aliphatic carbocycles. The van der Waals surface area contributed by atoms with E-state index in [1.54, 1.807) is 24.0 Å². The highest BCUT2D eigenvalue weighted by molar-refractivity contribution is 7.98. The summed E-state index contributed by atoms with van der Waals surface area (Å²) in [6.45, 7) is 1.83. The van der Waals surface area contributed by atoms with Crippen LogP contribution >= 0.6 is 11.8 Å². The molecule has 0 saturated heterocycles. The van der Waals surface area contributed by atoms with E-state index < -0.39 is 17.9 Å². The van der Waals surface area contributed by atoms with E-state index in [-0.39, 0.29) is 0 Å². The van der Waals surface area contributed by atoms with Crippen LogP contribution in [0.15, 0.2) is 18.5 Å². The van der Waals surface area contributed by atoms with Gasteiger partial charge < -0.3 is 10.4 Å². The topological polar surface area (TPSA) is 79.3 Å². The first-order valence-corrected chi connectivity index (χ1v) is 6.88. The summed E-state index contributed by atoms with van der Waals surface area (Å²) in [5.74, 6) is -0.735. The molecule has 1 atom stereocenters. The molecule has 1 heterocycles. The largest absolute Gasteiger partial charge is 0.480 e. The van der Waals surface area contributed by atoms with E-state index >= 15 is 0 Å². The van der Waals surface area contributed by atoms with Crippen LogP contribution in [0.4, 0.5) is 0 Å². The van der Waals surface area contributed by atoms with E-state index in [0.29, 0.717) is 17.7 Å². The minimum absolute atomic E-state index is 0.380. The maximum absolute atomic E-state index is 11.9. The molecule has 0 bridgehead atoms. The Morgan fingerprint density at radius 1 is 1.50 bits per heavy atom. The van der Waals surface area contributed by atoms with Gasteiger partial charge in [-0.3, -0.25) is 9.78 Å². The second-order valence-corrected chi connectivity index (χ2v) is 4.88. The van der Waals surface area contributed by atoms with E-state index in [2.05, 4.69) is 10.3 Å². The summed E-state index contributed by atoms with van der Waals surface area (Å²) in [4.78, 5) is 26.8. The second kappa shape index (κ2) is 7.00. The number of aromatic nitrogens is 1. The Morgan fingerprint density at radius 2 is 2.22 bits per heavy atom. The molecule has 2 N–H and O–H groups in total. The molecule has 0 fully saturated rings. The standard InChI is InChI=1S/C12H16N2O3S/c1-8-5-9(7-13-6-8)11(15)14-10(12(16)17)3-4-18-2/h5-7,10H,3-4H2,1-2H3,(H,14,15)(H,16,17). The molecule has 0 radical (unpaired) electrons. The number of carboxylic acids is 1. The number of thioether (sulfide) groups is 1. The van der Waals surface area contributed by atoms with Gasteiger partial charge in [0.1, 0.15) is 6.04 Å². The molecule has 5 nitrogen and oxygen atoms in total. The minimum atomic E-state index is -1.02. The molecule has 0 aliphatic heterocycles. The molecule has 1 unspecified atom stereocenters. The number of pyridine rings is 1. The SMILES string of the molecule is CSCCC(NC(=O)c1cncc(C)c1)C(=O)O. The highest BCUT2D eigenvalue weighted by atomic mass is 32.2. The Kier molecular flexibility index (Phi) is 5.64. The molecule has 18 heavy (non-hydrogen) atoms. The fraction of sp³-hybridized carbons (Fsp3) is 0.417. The zero-order chi connectivity index (χ0) is 13.5. The van der Waals surface area contributed by atoms with Crippen molar-refractivity contribution in [2.45, 2.75) is 19.4 Å². The van der Waals surface area contributed by atoms with Crippen molar-refractivity contribution in [3.8, 4) is 0 Å². The molecule has 1 rings (SSSR count). The lowest BCUT2D eigenvalue weighted by Gasteiger charge is -2.13. The highest BCUT2D eigenvalue weighted by Gasteiger charge is 2.20. The molecule has 0 aliphatic rings. The normalized spacial score (nSPS) is 11.9. The Labute approximate surface area is 110 Å². The number of aryl methyl sites for hydroxylation is 1. The number of nitrogens with one attached hydrogen (secondary N) is 1. The Balaban J connectivity index is 2.69. The van der Waals surface area contributed by atoms with E-state index in [1.807, 2.05) is 13.2 Å². The molecule has 1 amide bonds. The van der Waals surface area contributed by atoms with Gasteiger partial charge in [-0.05, 0) is 37.0 Å². The van der Waals surface area contributed by atoms with E-state index in [1.165, 1.54) is 6.20 Å². The third-order valence-corrected chi connectivity index (χ3v) is 3.00. The lowest BCUT2D eigenvalue weighted by atomic mass is 10.1. The van der Waals surface area contributed by atoms with Gasteiger partial charge in [0.2, 0.25) is 0 Å². The molecular weight excluding hydrogens is 252 g/mol. The van der Waals surface area contributed by atoms with Crippen LogP contribution in [0.3, 0.4) is 0 Å². The fourth-order valence-electron chi connectivity index (χ4n) is 1.41. The summed E-state index contributed by atoms with van der Waals surface area (Å²) in [6, 6.07) is 0.820. The molecule has 98 valence electrons. The van der Waals surface area contributed by atoms with Gasteiger partial charge in [-0.2, -0.15) is 11.8 Å². The zero-order valence-electron chi connectivity index (χ0n) is 10.3. The summed E-state index contributed by atoms with van der Waals surface area (Å²) in [5.41, 5.74) is 1.24. The quantitative estimate of drug-likeness (QED) is 0.813. The summed E-state index contributed by atoms with van der Waals surface area (Å²) < 4.78 is 0. The average Bonchev–Trinajstić information content (AvgIpc) is 2.33. The predicted molar refractivity (Wildman–Crippen MR) is 70.9 cm³/mol. The maximum Gasteiger partial charge on any atom is 0.326 e. The number of nitrogens with zero attached hydrogens (tertiary/aromatic N) is 1. The Morgan fingerprint density at radius 3 is 2.78 bits per heavy atom. The van der Waals surface area contributed by atoms with Gasteiger partial charge in [0, 0.05) is 12.4 Å². The van der Waals surface area contributed by atoms with Crippen LogP contribution in [0.5, 0.6) is 0 Å². The second-order valence-electron chi connectivity index (χ2n) is 3.90. The van der Waals surface area contributed by atoms with Crippen molar-refractivity contribution in [3.05, 3.63) is 29.6 Å². The smallest absolute Gasteiger partial charge is 0.326 e. The lowest BCUT2D eigenvalue weighted by Crippen LogP contribution is -2.41. The first kappa shape index (κ1) is 14.5. The molecular formula is C12H16N2O3S. The summed E-state index contributed by atoms with van der Waals surface area (Å²) >= 11 is 1.55. The molecule has 1 aromatic heterocycles. The third-order valence-electron chi connectivity index (χ3n) is 2.35. The van der Waals surface area contributed by atoms with E-state index in [0.717, 1.165) is 5.56 Å². The van der Waals surface area contributed by atoms with Crippen molar-refractivity contribution in [1.29, 1.82) is 0 Å². The van der Waals surface area contributed by atoms with Gasteiger partial charge in [-0.1, -0.05) is 0 Å². The lowest BCUT2D eigenvalue weighted by molar-refractivity contribution is -0.139. The van der Waals surface area contributed by atoms with Gasteiger partial charge in [-0.15, -0.1) is 0 Å². The predicted octanol–water partition coefficient (Wildman–Crippen LogP) is 1.33. The van der Waals surface area contributed by atoms with Crippen LogP contribution in [0.2, 0.25) is 0 Å². The summed E-state index contributed by atoms with van der Waals surface area (Å²) in [5, 5.41) is 11.5. The number of carbonyl (C=O) groups is 2. The first-order chi connectivity index (χ1) is 8.54. The average molecular weight is 268 g/mol. The third kappa shape index (κ3) is 4.37. The number of carboxylic acid groups (broad SMARTS) is 1. The molecule has 6 heteroatoms. The molecule has 0 spiro atoms. The summed E-state index contributed by atoms with van der Waals surface area (Å²) in [7, 11) is 0. The fourth-order valence-corrected chi connectivity index (χ4v) is 1.89. The molecule has 0 aromatic carbocycles. The Bertz CT molecular complexity index is 437. The summed E-state index contributed by atoms with van der Waals surface area (Å²) in [6.07, 6.45) is 5.36. The van der Waals surface area contributed by atoms with Gasteiger partial charge in [0.05, 0.1) is 5.56 Å². The zero-order valence-corrected chi connectivity index (χ0v) is 11.2. The number of rotatable bonds is 6. The van der Waals surface area contributed by atoms with Gasteiger partial charge in [-0.25, -0.2) is 4.79 Å². The van der Waals surface area contributed by atoms with Crippen LogP contribution in [0.1, 0.15) is 22.3 Å². The van der Waals surface area contributed by atoms with Gasteiger partial charge in [0.15, 0.2) is 0 Å². The van der Waals surface area contributed by atoms with Crippen LogP contribution < -0.4 is 5.32 Å². The van der Waals surface area contributed by atoms with Gasteiger partial charge >= 0.3 is 5.97 Å². The minimum Gasteiger partial charge on any atom is -0.480 e. The monoisotopic (exact) mass is 268 g/mol. The van der Waals surface area contributed by atoms with Gasteiger partial charge in [0.25, 0.3) is 5.91 Å². The van der Waals surface area contributed by atoms with Crippen LogP contribution in [-0.4, -0.2) is 40.0 Å². The molecule has 1 aromatic rings. The number of carbonyl (C=O) groups excluding carboxylic acids is 1. The van der Waals surface area contributed by atoms with Crippen molar-refractivity contribution >= 4 is 23.6 Å². The number of hydrogen-bond acceptors (Lipinski definition) is 4. The van der Waals surface area contributed by atoms with Crippen LogP contribution in [0, 0.1) is 6.92 Å². The molecule has 0 saturated carbocycles. The highest BCUT2D eigenvalue weighted by Crippen LogP contribution is 2.05. The number of aliphatic carboxylic acids is 1. The maximum atomic E-state index is 11.9. The van der Waals surface area contributed by atoms with E-state index in [4.69, 9.17) is 5.11 Å². The van der Waals surface area contributed by atoms with Crippen LogP contribution in [0.25, 0.3) is 0 Å². The van der Waals surface area contributed by atoms with Crippen molar-refractivity contribution in [1.82, 2.24) is 10.3 Å². The van der Waals surface area contributed by atoms with Crippen molar-refractivity contribution in [3.63, 3.8) is 0 Å². The van der Waals surface area contributed by atoms with E-state index in [9.17, 15) is 9.59 Å². The van der Waals surface area contributed by atoms with Crippen LogP contribution in [-0.2, 0) is 4.79 Å².